The van der Waals surface area contributed by atoms with Gasteiger partial charge in [0.05, 0.1) is 11.3 Å². The second kappa shape index (κ2) is 8.16. The fraction of sp³-hybridized carbons (Fsp3) is 0.174. The zero-order valence-electron chi connectivity index (χ0n) is 16.3. The summed E-state index contributed by atoms with van der Waals surface area (Å²) in [5, 5.41) is 3.85. The van der Waals surface area contributed by atoms with Gasteiger partial charge in [-0.05, 0) is 30.7 Å². The van der Waals surface area contributed by atoms with Crippen LogP contribution < -0.4 is 5.32 Å². The lowest BCUT2D eigenvalue weighted by Gasteiger charge is -2.11. The van der Waals surface area contributed by atoms with Gasteiger partial charge in [-0.1, -0.05) is 41.9 Å². The maximum Gasteiger partial charge on any atom is 0.333 e. The Balaban J connectivity index is 1.78. The molecule has 0 unspecified atom stereocenters. The van der Waals surface area contributed by atoms with E-state index < -0.39 is 17.7 Å². The van der Waals surface area contributed by atoms with E-state index in [4.69, 9.17) is 16.3 Å². The molecule has 1 aromatic heterocycles. The summed E-state index contributed by atoms with van der Waals surface area (Å²) < 4.78 is 6.83. The van der Waals surface area contributed by atoms with Crippen LogP contribution in [0.5, 0.6) is 0 Å². The van der Waals surface area contributed by atoms with Crippen LogP contribution in [0.4, 0.5) is 0 Å². The molecule has 0 aliphatic carbocycles. The summed E-state index contributed by atoms with van der Waals surface area (Å²) in [5.41, 5.74) is 3.26. The minimum absolute atomic E-state index is 0.0494. The van der Waals surface area contributed by atoms with E-state index in [0.717, 1.165) is 22.2 Å². The number of esters is 1. The third-order valence-electron chi connectivity index (χ3n) is 5.05. The van der Waals surface area contributed by atoms with Crippen LogP contribution in [0.3, 0.4) is 0 Å². The van der Waals surface area contributed by atoms with E-state index in [2.05, 4.69) is 5.32 Å². The van der Waals surface area contributed by atoms with E-state index in [1.807, 2.05) is 47.9 Å². The third kappa shape index (κ3) is 3.74. The molecule has 0 fully saturated rings. The Morgan fingerprint density at radius 3 is 2.53 bits per heavy atom. The molecule has 0 saturated carbocycles. The van der Waals surface area contributed by atoms with Crippen LogP contribution in [0.15, 0.2) is 60.3 Å². The van der Waals surface area contributed by atoms with Gasteiger partial charge in [0.1, 0.15) is 6.61 Å². The zero-order chi connectivity index (χ0) is 21.3. The van der Waals surface area contributed by atoms with Crippen molar-refractivity contribution in [2.75, 3.05) is 6.61 Å². The summed E-state index contributed by atoms with van der Waals surface area (Å²) in [7, 11) is 0. The number of Topliss-reactive ketones (excluding diaryl/α,β-unsaturated/α-hetero) is 1. The molecular formula is C23H19ClN2O4. The van der Waals surface area contributed by atoms with Gasteiger partial charge in [0.15, 0.2) is 0 Å². The summed E-state index contributed by atoms with van der Waals surface area (Å²) in [6, 6.07) is 14.9. The number of ketones is 1. The van der Waals surface area contributed by atoms with Gasteiger partial charge in [-0.2, -0.15) is 0 Å². The first kappa shape index (κ1) is 19.9. The topological polar surface area (TPSA) is 77.4 Å². The second-order valence-electron chi connectivity index (χ2n) is 6.95. The Hall–Kier alpha value is -3.38. The molecule has 7 heteroatoms. The molecule has 0 radical (unpaired) electrons. The summed E-state index contributed by atoms with van der Waals surface area (Å²) in [6.07, 6.45) is 1.65. The SMILES string of the molecule is CCn1c(Cc2ccc(Cl)cc2)c(C(=O)C(=O)NC2=CC(=O)OC2)c2ccccc21. The molecule has 1 aliphatic rings. The third-order valence-corrected chi connectivity index (χ3v) is 5.30. The molecular weight excluding hydrogens is 404 g/mol. The number of para-hydroxylation sites is 1. The molecule has 0 spiro atoms. The molecule has 1 amide bonds. The Bertz CT molecular complexity index is 1190. The van der Waals surface area contributed by atoms with E-state index in [0.29, 0.717) is 23.6 Å². The Labute approximate surface area is 178 Å². The molecule has 0 saturated heterocycles. The normalized spacial score (nSPS) is 13.3. The number of hydrogen-bond acceptors (Lipinski definition) is 4. The Morgan fingerprint density at radius 2 is 1.87 bits per heavy atom. The van der Waals surface area contributed by atoms with Crippen LogP contribution >= 0.6 is 11.6 Å². The molecule has 0 bridgehead atoms. The van der Waals surface area contributed by atoms with Gasteiger partial charge in [0.2, 0.25) is 0 Å². The molecule has 30 heavy (non-hydrogen) atoms. The number of nitrogens with one attached hydrogen (secondary N) is 1. The minimum atomic E-state index is -0.795. The van der Waals surface area contributed by atoms with Gasteiger partial charge >= 0.3 is 5.97 Å². The molecule has 2 aromatic carbocycles. The molecule has 0 atom stereocenters. The number of carbonyl (C=O) groups is 3. The number of nitrogens with zero attached hydrogens (tertiary/aromatic N) is 1. The molecule has 4 rings (SSSR count). The lowest BCUT2D eigenvalue weighted by atomic mass is 10.0. The highest BCUT2D eigenvalue weighted by atomic mass is 35.5. The van der Waals surface area contributed by atoms with E-state index in [1.165, 1.54) is 6.08 Å². The average Bonchev–Trinajstić information content (AvgIpc) is 3.29. The van der Waals surface area contributed by atoms with Crippen molar-refractivity contribution in [3.63, 3.8) is 0 Å². The highest BCUT2D eigenvalue weighted by Crippen LogP contribution is 2.29. The van der Waals surface area contributed by atoms with Crippen molar-refractivity contribution in [2.45, 2.75) is 19.9 Å². The lowest BCUT2D eigenvalue weighted by molar-refractivity contribution is -0.135. The number of halogens is 1. The number of fused-ring (bicyclic) bond motifs is 1. The zero-order valence-corrected chi connectivity index (χ0v) is 17.0. The first-order chi connectivity index (χ1) is 14.5. The quantitative estimate of drug-likeness (QED) is 0.373. The van der Waals surface area contributed by atoms with Crippen LogP contribution in [0.1, 0.15) is 28.5 Å². The predicted molar refractivity (Wildman–Crippen MR) is 113 cm³/mol. The number of rotatable bonds is 6. The fourth-order valence-electron chi connectivity index (χ4n) is 3.71. The van der Waals surface area contributed by atoms with Crippen molar-refractivity contribution in [1.82, 2.24) is 9.88 Å². The number of aryl methyl sites for hydroxylation is 1. The minimum Gasteiger partial charge on any atom is -0.456 e. The predicted octanol–water partition coefficient (Wildman–Crippen LogP) is 3.65. The number of cyclic esters (lactones) is 1. The van der Waals surface area contributed by atoms with Crippen LogP contribution in [0, 0.1) is 0 Å². The van der Waals surface area contributed by atoms with Gasteiger partial charge in [0.25, 0.3) is 11.7 Å². The number of ether oxygens (including phenoxy) is 1. The van der Waals surface area contributed by atoms with Crippen molar-refractivity contribution < 1.29 is 19.1 Å². The van der Waals surface area contributed by atoms with Crippen LogP contribution in [0.25, 0.3) is 10.9 Å². The number of amides is 1. The van der Waals surface area contributed by atoms with Crippen LogP contribution in [-0.2, 0) is 27.3 Å². The van der Waals surface area contributed by atoms with Gasteiger partial charge in [0, 0.05) is 40.7 Å². The fourth-order valence-corrected chi connectivity index (χ4v) is 3.84. The number of aromatic nitrogens is 1. The van der Waals surface area contributed by atoms with Crippen molar-refractivity contribution in [2.24, 2.45) is 0 Å². The maximum atomic E-state index is 13.2. The number of hydrogen-bond donors (Lipinski definition) is 1. The van der Waals surface area contributed by atoms with Crippen molar-refractivity contribution in [1.29, 1.82) is 0 Å². The summed E-state index contributed by atoms with van der Waals surface area (Å²) >= 11 is 6.00. The molecule has 2 heterocycles. The Kier molecular flexibility index (Phi) is 5.42. The van der Waals surface area contributed by atoms with E-state index in [1.54, 1.807) is 12.1 Å². The van der Waals surface area contributed by atoms with Gasteiger partial charge in [-0.3, -0.25) is 9.59 Å². The largest absolute Gasteiger partial charge is 0.456 e. The summed E-state index contributed by atoms with van der Waals surface area (Å²) in [5.74, 6) is -1.98. The van der Waals surface area contributed by atoms with E-state index in [9.17, 15) is 14.4 Å². The summed E-state index contributed by atoms with van der Waals surface area (Å²) in [6.45, 7) is 2.59. The number of carbonyl (C=O) groups excluding carboxylic acids is 3. The average molecular weight is 423 g/mol. The monoisotopic (exact) mass is 422 g/mol. The highest BCUT2D eigenvalue weighted by Gasteiger charge is 2.28. The standard InChI is InChI=1S/C23H19ClN2O4/c1-2-26-18-6-4-3-5-17(18)21(19(26)11-14-7-9-15(24)10-8-14)22(28)23(29)25-16-12-20(27)30-13-16/h3-10,12H,2,11,13H2,1H3,(H,25,29). The molecule has 1 aliphatic heterocycles. The first-order valence-corrected chi connectivity index (χ1v) is 9.93. The molecule has 1 N–H and O–H groups in total. The second-order valence-corrected chi connectivity index (χ2v) is 7.38. The smallest absolute Gasteiger partial charge is 0.333 e. The summed E-state index contributed by atoms with van der Waals surface area (Å²) in [4.78, 5) is 37.2. The lowest BCUT2D eigenvalue weighted by Crippen LogP contribution is -2.31. The van der Waals surface area contributed by atoms with Crippen molar-refractivity contribution >= 4 is 40.2 Å². The van der Waals surface area contributed by atoms with Crippen LogP contribution in [-0.4, -0.2) is 28.8 Å². The van der Waals surface area contributed by atoms with Gasteiger partial charge in [-0.15, -0.1) is 0 Å². The molecule has 3 aromatic rings. The van der Waals surface area contributed by atoms with Gasteiger partial charge in [-0.25, -0.2) is 4.79 Å². The van der Waals surface area contributed by atoms with E-state index in [-0.39, 0.29) is 12.3 Å². The van der Waals surface area contributed by atoms with E-state index >= 15 is 0 Å². The maximum absolute atomic E-state index is 13.2. The number of benzene rings is 2. The Morgan fingerprint density at radius 1 is 1.13 bits per heavy atom. The van der Waals surface area contributed by atoms with Gasteiger partial charge < -0.3 is 14.6 Å². The molecule has 152 valence electrons. The molecule has 6 nitrogen and oxygen atoms in total. The highest BCUT2D eigenvalue weighted by molar-refractivity contribution is 6.45. The first-order valence-electron chi connectivity index (χ1n) is 9.55. The van der Waals surface area contributed by atoms with Crippen molar-refractivity contribution in [3.05, 3.63) is 82.1 Å². The van der Waals surface area contributed by atoms with Crippen LogP contribution in [0.2, 0.25) is 5.02 Å². The van der Waals surface area contributed by atoms with Crippen molar-refractivity contribution in [3.8, 4) is 0 Å².